The number of ether oxygens (including phenoxy) is 1. The lowest BCUT2D eigenvalue weighted by molar-refractivity contribution is 0.0985. The predicted molar refractivity (Wildman–Crippen MR) is 98.9 cm³/mol. The van der Waals surface area contributed by atoms with Crippen molar-refractivity contribution in [2.24, 2.45) is 0 Å². The summed E-state index contributed by atoms with van der Waals surface area (Å²) < 4.78 is 5.31. The van der Waals surface area contributed by atoms with Gasteiger partial charge >= 0.3 is 0 Å². The minimum Gasteiger partial charge on any atom is -0.497 e. The predicted octanol–water partition coefficient (Wildman–Crippen LogP) is 4.25. The Balaban J connectivity index is 2.00. The van der Waals surface area contributed by atoms with Crippen molar-refractivity contribution in [2.75, 3.05) is 12.0 Å². The molecule has 1 amide bonds. The lowest BCUT2D eigenvalue weighted by Gasteiger charge is -2.23. The fourth-order valence-electron chi connectivity index (χ4n) is 2.67. The summed E-state index contributed by atoms with van der Waals surface area (Å²) in [6.07, 6.45) is 3.50. The van der Waals surface area contributed by atoms with Crippen LogP contribution in [0.15, 0.2) is 73.1 Å². The molecule has 0 atom stereocenters. The van der Waals surface area contributed by atoms with E-state index < -0.39 is 0 Å². The molecule has 0 saturated carbocycles. The Morgan fingerprint density at radius 2 is 1.92 bits per heavy atom. The molecule has 1 heterocycles. The largest absolute Gasteiger partial charge is 0.497 e. The third-order valence-electron chi connectivity index (χ3n) is 3.94. The fourth-order valence-corrected chi connectivity index (χ4v) is 2.67. The SMILES string of the molecule is COc1cccc(N(Cc2cccnc2)C(=O)c2cccc(C)c2)c1. The summed E-state index contributed by atoms with van der Waals surface area (Å²) in [6, 6.07) is 19.0. The maximum atomic E-state index is 13.2. The van der Waals surface area contributed by atoms with Crippen LogP contribution in [0.5, 0.6) is 5.75 Å². The van der Waals surface area contributed by atoms with Crippen LogP contribution in [-0.4, -0.2) is 18.0 Å². The molecule has 4 heteroatoms. The molecule has 0 aliphatic carbocycles. The van der Waals surface area contributed by atoms with Crippen molar-refractivity contribution in [2.45, 2.75) is 13.5 Å². The van der Waals surface area contributed by atoms with Crippen LogP contribution in [0.1, 0.15) is 21.5 Å². The van der Waals surface area contributed by atoms with Crippen LogP contribution in [0.25, 0.3) is 0 Å². The number of carbonyl (C=O) groups excluding carboxylic acids is 1. The van der Waals surface area contributed by atoms with E-state index in [1.54, 1.807) is 24.4 Å². The summed E-state index contributed by atoms with van der Waals surface area (Å²) in [4.78, 5) is 19.1. The first-order chi connectivity index (χ1) is 12.2. The summed E-state index contributed by atoms with van der Waals surface area (Å²) in [5, 5.41) is 0. The second-order valence-electron chi connectivity index (χ2n) is 5.82. The lowest BCUT2D eigenvalue weighted by Crippen LogP contribution is -2.30. The van der Waals surface area contributed by atoms with Gasteiger partial charge in [-0.1, -0.05) is 29.8 Å². The van der Waals surface area contributed by atoms with Gasteiger partial charge in [0.25, 0.3) is 5.91 Å². The van der Waals surface area contributed by atoms with Crippen LogP contribution < -0.4 is 9.64 Å². The monoisotopic (exact) mass is 332 g/mol. The van der Waals surface area contributed by atoms with Crippen molar-refractivity contribution in [1.29, 1.82) is 0 Å². The van der Waals surface area contributed by atoms with Crippen LogP contribution in [0.2, 0.25) is 0 Å². The maximum absolute atomic E-state index is 13.2. The lowest BCUT2D eigenvalue weighted by atomic mass is 10.1. The normalized spacial score (nSPS) is 10.3. The Kier molecular flexibility index (Phi) is 5.09. The van der Waals surface area contributed by atoms with Crippen molar-refractivity contribution < 1.29 is 9.53 Å². The van der Waals surface area contributed by atoms with E-state index in [1.807, 2.05) is 67.6 Å². The van der Waals surface area contributed by atoms with E-state index in [0.717, 1.165) is 16.8 Å². The van der Waals surface area contributed by atoms with Gasteiger partial charge in [-0.15, -0.1) is 0 Å². The zero-order valence-electron chi connectivity index (χ0n) is 14.3. The standard InChI is InChI=1S/C21H20N2O2/c1-16-6-3-8-18(12-16)21(24)23(15-17-7-5-11-22-14-17)19-9-4-10-20(13-19)25-2/h3-14H,15H2,1-2H3. The number of carbonyl (C=O) groups is 1. The van der Waals surface area contributed by atoms with Gasteiger partial charge in [0.2, 0.25) is 0 Å². The van der Waals surface area contributed by atoms with Gasteiger partial charge in [0.1, 0.15) is 5.75 Å². The number of anilines is 1. The highest BCUT2D eigenvalue weighted by Crippen LogP contribution is 2.24. The second kappa shape index (κ2) is 7.62. The van der Waals surface area contributed by atoms with E-state index in [2.05, 4.69) is 4.98 Å². The number of aryl methyl sites for hydroxylation is 1. The van der Waals surface area contributed by atoms with Crippen molar-refractivity contribution in [1.82, 2.24) is 4.98 Å². The number of amides is 1. The first-order valence-electron chi connectivity index (χ1n) is 8.09. The number of hydrogen-bond donors (Lipinski definition) is 0. The van der Waals surface area contributed by atoms with E-state index in [0.29, 0.717) is 17.9 Å². The fraction of sp³-hybridized carbons (Fsp3) is 0.143. The molecule has 0 aliphatic rings. The van der Waals surface area contributed by atoms with E-state index in [-0.39, 0.29) is 5.91 Å². The summed E-state index contributed by atoms with van der Waals surface area (Å²) in [5.41, 5.74) is 3.46. The first kappa shape index (κ1) is 16.7. The molecule has 3 aromatic rings. The zero-order chi connectivity index (χ0) is 17.6. The van der Waals surface area contributed by atoms with Gasteiger partial charge in [0.05, 0.1) is 13.7 Å². The molecule has 1 aromatic heterocycles. The molecule has 0 aliphatic heterocycles. The molecule has 0 fully saturated rings. The summed E-state index contributed by atoms with van der Waals surface area (Å²) in [7, 11) is 1.62. The van der Waals surface area contributed by atoms with E-state index in [9.17, 15) is 4.79 Å². The number of aromatic nitrogens is 1. The topological polar surface area (TPSA) is 42.4 Å². The molecule has 0 saturated heterocycles. The van der Waals surface area contributed by atoms with Crippen molar-refractivity contribution in [3.8, 4) is 5.75 Å². The van der Waals surface area contributed by atoms with Gasteiger partial charge in [-0.3, -0.25) is 9.78 Å². The Hall–Kier alpha value is -3.14. The number of nitrogens with zero attached hydrogens (tertiary/aromatic N) is 2. The van der Waals surface area contributed by atoms with Gasteiger partial charge in [-0.2, -0.15) is 0 Å². The Bertz CT molecular complexity index is 863. The molecule has 25 heavy (non-hydrogen) atoms. The second-order valence-corrected chi connectivity index (χ2v) is 5.82. The molecule has 126 valence electrons. The molecule has 2 aromatic carbocycles. The number of hydrogen-bond acceptors (Lipinski definition) is 3. The van der Waals surface area contributed by atoms with Crippen LogP contribution >= 0.6 is 0 Å². The molecule has 0 bridgehead atoms. The van der Waals surface area contributed by atoms with E-state index in [1.165, 1.54) is 0 Å². The molecule has 0 N–H and O–H groups in total. The molecule has 0 spiro atoms. The van der Waals surface area contributed by atoms with Crippen LogP contribution in [0, 0.1) is 6.92 Å². The van der Waals surface area contributed by atoms with E-state index >= 15 is 0 Å². The molecule has 0 radical (unpaired) electrons. The number of pyridine rings is 1. The summed E-state index contributed by atoms with van der Waals surface area (Å²) in [5.74, 6) is 0.659. The molecular formula is C21H20N2O2. The minimum absolute atomic E-state index is 0.0548. The highest BCUT2D eigenvalue weighted by molar-refractivity contribution is 6.06. The van der Waals surface area contributed by atoms with E-state index in [4.69, 9.17) is 4.74 Å². The van der Waals surface area contributed by atoms with Gasteiger partial charge in [0, 0.05) is 29.7 Å². The molecule has 4 nitrogen and oxygen atoms in total. The average Bonchev–Trinajstić information content (AvgIpc) is 2.66. The Labute approximate surface area is 147 Å². The third kappa shape index (κ3) is 4.04. The van der Waals surface area contributed by atoms with Crippen LogP contribution in [0.3, 0.4) is 0 Å². The maximum Gasteiger partial charge on any atom is 0.258 e. The van der Waals surface area contributed by atoms with Crippen LogP contribution in [0.4, 0.5) is 5.69 Å². The van der Waals surface area contributed by atoms with Crippen molar-refractivity contribution in [3.05, 3.63) is 89.7 Å². The van der Waals surface area contributed by atoms with Crippen molar-refractivity contribution >= 4 is 11.6 Å². The number of methoxy groups -OCH3 is 1. The minimum atomic E-state index is -0.0548. The van der Waals surface area contributed by atoms with Gasteiger partial charge in [-0.05, 0) is 42.8 Å². The highest BCUT2D eigenvalue weighted by Gasteiger charge is 2.19. The quantitative estimate of drug-likeness (QED) is 0.701. The Morgan fingerprint density at radius 1 is 1.08 bits per heavy atom. The molecular weight excluding hydrogens is 312 g/mol. The average molecular weight is 332 g/mol. The Morgan fingerprint density at radius 3 is 2.64 bits per heavy atom. The highest BCUT2D eigenvalue weighted by atomic mass is 16.5. The summed E-state index contributed by atoms with van der Waals surface area (Å²) >= 11 is 0. The van der Waals surface area contributed by atoms with Gasteiger partial charge in [0.15, 0.2) is 0 Å². The third-order valence-corrected chi connectivity index (χ3v) is 3.94. The zero-order valence-corrected chi connectivity index (χ0v) is 14.3. The summed E-state index contributed by atoms with van der Waals surface area (Å²) in [6.45, 7) is 2.42. The number of benzene rings is 2. The van der Waals surface area contributed by atoms with Crippen molar-refractivity contribution in [3.63, 3.8) is 0 Å². The first-order valence-corrected chi connectivity index (χ1v) is 8.09. The van der Waals surface area contributed by atoms with Gasteiger partial charge < -0.3 is 9.64 Å². The van der Waals surface area contributed by atoms with Crippen LogP contribution in [-0.2, 0) is 6.54 Å². The molecule has 0 unspecified atom stereocenters. The molecule has 3 rings (SSSR count). The smallest absolute Gasteiger partial charge is 0.258 e. The number of rotatable bonds is 5. The van der Waals surface area contributed by atoms with Gasteiger partial charge in [-0.25, -0.2) is 0 Å².